The molecule has 0 aromatic carbocycles. The van der Waals surface area contributed by atoms with Crippen LogP contribution in [0.4, 0.5) is 0 Å². The minimum Gasteiger partial charge on any atom is -0.449 e. The van der Waals surface area contributed by atoms with E-state index in [0.717, 1.165) is 31.9 Å². The fraction of sp³-hybridized carbons (Fsp3) is 0.625. The van der Waals surface area contributed by atoms with Gasteiger partial charge in [-0.25, -0.2) is 4.98 Å². The Bertz CT molecular complexity index is 202. The van der Waals surface area contributed by atoms with E-state index in [2.05, 4.69) is 4.98 Å². The zero-order valence-electron chi connectivity index (χ0n) is 6.32. The monoisotopic (exact) mass is 153 g/mol. The molecule has 0 unspecified atom stereocenters. The summed E-state index contributed by atoms with van der Waals surface area (Å²) >= 11 is 0. The van der Waals surface area contributed by atoms with Gasteiger partial charge in [-0.1, -0.05) is 0 Å². The summed E-state index contributed by atoms with van der Waals surface area (Å²) < 4.78 is 10.4. The zero-order chi connectivity index (χ0) is 7.52. The molecule has 1 aliphatic rings. The largest absolute Gasteiger partial charge is 0.449 e. The number of rotatable bonds is 1. The Balaban J connectivity index is 2.04. The van der Waals surface area contributed by atoms with Crippen LogP contribution in [0, 0.1) is 0 Å². The maximum absolute atomic E-state index is 5.23. The summed E-state index contributed by atoms with van der Waals surface area (Å²) in [6, 6.07) is 0. The summed E-state index contributed by atoms with van der Waals surface area (Å²) in [4.78, 5) is 4.12. The second kappa shape index (κ2) is 3.05. The first kappa shape index (κ1) is 6.85. The molecule has 3 nitrogen and oxygen atoms in total. The molecule has 0 aliphatic carbocycles. The van der Waals surface area contributed by atoms with Crippen molar-refractivity contribution in [3.63, 3.8) is 0 Å². The number of hydrogen-bond acceptors (Lipinski definition) is 3. The van der Waals surface area contributed by atoms with Crippen LogP contribution in [-0.4, -0.2) is 18.2 Å². The lowest BCUT2D eigenvalue weighted by Crippen LogP contribution is -2.14. The maximum Gasteiger partial charge on any atom is 0.197 e. The first-order chi connectivity index (χ1) is 5.47. The standard InChI is InChI=1S/C8H11NO2/c1-4-10-5-2-7(1)8-9-3-6-11-8/h3,6-7H,1-2,4-5H2. The quantitative estimate of drug-likeness (QED) is 0.614. The SMILES string of the molecule is c1coc(C2CCOCC2)n1. The Morgan fingerprint density at radius 3 is 2.82 bits per heavy atom. The summed E-state index contributed by atoms with van der Waals surface area (Å²) in [6.45, 7) is 1.68. The minimum absolute atomic E-state index is 0.485. The van der Waals surface area contributed by atoms with Crippen molar-refractivity contribution >= 4 is 0 Å². The zero-order valence-corrected chi connectivity index (χ0v) is 6.32. The molecule has 3 heteroatoms. The van der Waals surface area contributed by atoms with Crippen molar-refractivity contribution in [3.8, 4) is 0 Å². The van der Waals surface area contributed by atoms with Crippen LogP contribution >= 0.6 is 0 Å². The van der Waals surface area contributed by atoms with Gasteiger partial charge in [-0.15, -0.1) is 0 Å². The summed E-state index contributed by atoms with van der Waals surface area (Å²) in [7, 11) is 0. The number of ether oxygens (including phenoxy) is 1. The van der Waals surface area contributed by atoms with Crippen molar-refractivity contribution in [2.24, 2.45) is 0 Å². The van der Waals surface area contributed by atoms with E-state index in [-0.39, 0.29) is 0 Å². The highest BCUT2D eigenvalue weighted by Gasteiger charge is 2.18. The third-order valence-electron chi connectivity index (χ3n) is 2.02. The molecule has 11 heavy (non-hydrogen) atoms. The van der Waals surface area contributed by atoms with E-state index in [1.165, 1.54) is 0 Å². The first-order valence-corrected chi connectivity index (χ1v) is 3.94. The van der Waals surface area contributed by atoms with Crippen LogP contribution in [-0.2, 0) is 4.74 Å². The van der Waals surface area contributed by atoms with Crippen LogP contribution in [0.3, 0.4) is 0 Å². The molecular weight excluding hydrogens is 142 g/mol. The normalized spacial score (nSPS) is 20.4. The Morgan fingerprint density at radius 1 is 1.36 bits per heavy atom. The van der Waals surface area contributed by atoms with Gasteiger partial charge in [0, 0.05) is 19.1 Å². The van der Waals surface area contributed by atoms with Crippen LogP contribution in [0.15, 0.2) is 16.9 Å². The fourth-order valence-electron chi connectivity index (χ4n) is 1.38. The molecular formula is C8H11NO2. The van der Waals surface area contributed by atoms with Gasteiger partial charge in [0.1, 0.15) is 6.26 Å². The van der Waals surface area contributed by atoms with Gasteiger partial charge >= 0.3 is 0 Å². The van der Waals surface area contributed by atoms with Gasteiger partial charge in [0.15, 0.2) is 5.89 Å². The lowest BCUT2D eigenvalue weighted by molar-refractivity contribution is 0.0794. The number of nitrogens with zero attached hydrogens (tertiary/aromatic N) is 1. The Hall–Kier alpha value is -0.830. The van der Waals surface area contributed by atoms with Crippen LogP contribution in [0.5, 0.6) is 0 Å². The highest BCUT2D eigenvalue weighted by molar-refractivity contribution is 4.92. The van der Waals surface area contributed by atoms with E-state index in [0.29, 0.717) is 5.92 Å². The van der Waals surface area contributed by atoms with Gasteiger partial charge in [0.05, 0.1) is 6.20 Å². The van der Waals surface area contributed by atoms with E-state index in [1.807, 2.05) is 0 Å². The minimum atomic E-state index is 0.485. The maximum atomic E-state index is 5.23. The van der Waals surface area contributed by atoms with Crippen molar-refractivity contribution in [1.82, 2.24) is 4.98 Å². The van der Waals surface area contributed by atoms with Gasteiger partial charge in [-0.05, 0) is 12.8 Å². The van der Waals surface area contributed by atoms with E-state index in [4.69, 9.17) is 9.15 Å². The second-order valence-corrected chi connectivity index (χ2v) is 2.76. The van der Waals surface area contributed by atoms with E-state index in [1.54, 1.807) is 12.5 Å². The third kappa shape index (κ3) is 1.43. The Morgan fingerprint density at radius 2 is 2.18 bits per heavy atom. The molecule has 1 aromatic heterocycles. The second-order valence-electron chi connectivity index (χ2n) is 2.76. The molecule has 1 aromatic rings. The molecule has 0 spiro atoms. The molecule has 1 aliphatic heterocycles. The summed E-state index contributed by atoms with van der Waals surface area (Å²) in [6.07, 6.45) is 5.41. The van der Waals surface area contributed by atoms with Gasteiger partial charge < -0.3 is 9.15 Å². The molecule has 0 N–H and O–H groups in total. The molecule has 60 valence electrons. The van der Waals surface area contributed by atoms with Crippen molar-refractivity contribution in [3.05, 3.63) is 18.4 Å². The molecule has 0 amide bonds. The van der Waals surface area contributed by atoms with E-state index in [9.17, 15) is 0 Å². The van der Waals surface area contributed by atoms with Crippen molar-refractivity contribution < 1.29 is 9.15 Å². The number of aromatic nitrogens is 1. The molecule has 2 rings (SSSR count). The lowest BCUT2D eigenvalue weighted by atomic mass is 10.0. The highest BCUT2D eigenvalue weighted by atomic mass is 16.5. The molecule has 0 saturated carbocycles. The van der Waals surface area contributed by atoms with Crippen LogP contribution in [0.2, 0.25) is 0 Å². The predicted octanol–water partition coefficient (Wildman–Crippen LogP) is 1.57. The summed E-state index contributed by atoms with van der Waals surface area (Å²) in [5, 5.41) is 0. The predicted molar refractivity (Wildman–Crippen MR) is 39.3 cm³/mol. The van der Waals surface area contributed by atoms with Crippen molar-refractivity contribution in [2.45, 2.75) is 18.8 Å². The topological polar surface area (TPSA) is 35.3 Å². The van der Waals surface area contributed by atoms with Gasteiger partial charge in [-0.2, -0.15) is 0 Å². The van der Waals surface area contributed by atoms with Crippen LogP contribution in [0.25, 0.3) is 0 Å². The molecule has 2 heterocycles. The number of oxazole rings is 1. The molecule has 0 bridgehead atoms. The van der Waals surface area contributed by atoms with Gasteiger partial charge in [0.25, 0.3) is 0 Å². The average Bonchev–Trinajstić information content (AvgIpc) is 2.58. The molecule has 0 atom stereocenters. The van der Waals surface area contributed by atoms with E-state index >= 15 is 0 Å². The molecule has 1 fully saturated rings. The van der Waals surface area contributed by atoms with E-state index < -0.39 is 0 Å². The highest BCUT2D eigenvalue weighted by Crippen LogP contribution is 2.24. The lowest BCUT2D eigenvalue weighted by Gasteiger charge is -2.18. The Labute approximate surface area is 65.4 Å². The molecule has 0 radical (unpaired) electrons. The summed E-state index contributed by atoms with van der Waals surface area (Å²) in [5.74, 6) is 1.35. The van der Waals surface area contributed by atoms with Gasteiger partial charge in [0.2, 0.25) is 0 Å². The van der Waals surface area contributed by atoms with Crippen LogP contribution in [0.1, 0.15) is 24.7 Å². The third-order valence-corrected chi connectivity index (χ3v) is 2.02. The molecule has 1 saturated heterocycles. The van der Waals surface area contributed by atoms with Gasteiger partial charge in [-0.3, -0.25) is 0 Å². The van der Waals surface area contributed by atoms with Crippen molar-refractivity contribution in [2.75, 3.05) is 13.2 Å². The average molecular weight is 153 g/mol. The Kier molecular flexibility index (Phi) is 1.90. The smallest absolute Gasteiger partial charge is 0.197 e. The number of hydrogen-bond donors (Lipinski definition) is 0. The van der Waals surface area contributed by atoms with Crippen molar-refractivity contribution in [1.29, 1.82) is 0 Å². The van der Waals surface area contributed by atoms with Crippen LogP contribution < -0.4 is 0 Å². The fourth-order valence-corrected chi connectivity index (χ4v) is 1.38. The first-order valence-electron chi connectivity index (χ1n) is 3.94. The summed E-state index contributed by atoms with van der Waals surface area (Å²) in [5.41, 5.74) is 0.